The molecule has 1 aromatic carbocycles. The van der Waals surface area contributed by atoms with Gasteiger partial charge in [-0.2, -0.15) is 14.1 Å². The molecule has 12 heteroatoms. The number of carbonyl (C=O) groups excluding carboxylic acids is 1. The lowest BCUT2D eigenvalue weighted by molar-refractivity contribution is -0.137. The predicted octanol–water partition coefficient (Wildman–Crippen LogP) is 0.273. The van der Waals surface area contributed by atoms with Crippen LogP contribution in [0.1, 0.15) is 6.92 Å². The summed E-state index contributed by atoms with van der Waals surface area (Å²) in [6, 6.07) is 8.99. The summed E-state index contributed by atoms with van der Waals surface area (Å²) in [6.45, 7) is 3.82. The Morgan fingerprint density at radius 1 is 1.09 bits per heavy atom. The van der Waals surface area contributed by atoms with E-state index in [2.05, 4.69) is 9.84 Å². The number of anilines is 1. The number of hydrogen-bond donors (Lipinski definition) is 0. The largest absolute Gasteiger partial charge is 0.484 e. The van der Waals surface area contributed by atoms with E-state index >= 15 is 0 Å². The van der Waals surface area contributed by atoms with Crippen LogP contribution in [0.15, 0.2) is 41.3 Å². The van der Waals surface area contributed by atoms with E-state index in [1.165, 1.54) is 8.99 Å². The van der Waals surface area contributed by atoms with E-state index in [1.807, 2.05) is 17.9 Å². The van der Waals surface area contributed by atoms with E-state index in [-0.39, 0.29) is 25.4 Å². The number of piperazine rings is 1. The minimum Gasteiger partial charge on any atom is -0.484 e. The standard InChI is InChI=1S/C21H28N4O7S/c1-3-31-13-14-32-20-18(15-22-25(21(20)27)17-7-5-4-6-8-17)23-9-11-24(12-10-23)33(28,29)16-19(26)30-2/h4-8,15H,3,9-14,16H2,1-2H3. The lowest BCUT2D eigenvalue weighted by Crippen LogP contribution is -2.50. The third-order valence-electron chi connectivity index (χ3n) is 5.09. The first kappa shape index (κ1) is 24.7. The van der Waals surface area contributed by atoms with Gasteiger partial charge in [0, 0.05) is 32.8 Å². The molecule has 0 unspecified atom stereocenters. The van der Waals surface area contributed by atoms with Gasteiger partial charge in [-0.1, -0.05) is 18.2 Å². The van der Waals surface area contributed by atoms with E-state index in [0.717, 1.165) is 7.11 Å². The first-order valence-electron chi connectivity index (χ1n) is 10.5. The molecule has 0 atom stereocenters. The average molecular weight is 481 g/mol. The topological polar surface area (TPSA) is 120 Å². The fourth-order valence-corrected chi connectivity index (χ4v) is 4.71. The summed E-state index contributed by atoms with van der Waals surface area (Å²) >= 11 is 0. The number of ether oxygens (including phenoxy) is 3. The summed E-state index contributed by atoms with van der Waals surface area (Å²) in [4.78, 5) is 26.5. The smallest absolute Gasteiger partial charge is 0.322 e. The minimum absolute atomic E-state index is 0.124. The van der Waals surface area contributed by atoms with Crippen LogP contribution in [0, 0.1) is 0 Å². The molecular formula is C21H28N4O7S. The molecule has 3 rings (SSSR count). The molecule has 2 aromatic rings. The van der Waals surface area contributed by atoms with Gasteiger partial charge in [0.2, 0.25) is 15.8 Å². The summed E-state index contributed by atoms with van der Waals surface area (Å²) in [7, 11) is -2.63. The molecule has 0 amide bonds. The van der Waals surface area contributed by atoms with Crippen LogP contribution in [-0.4, -0.2) is 87.3 Å². The van der Waals surface area contributed by atoms with Gasteiger partial charge in [0.1, 0.15) is 12.3 Å². The van der Waals surface area contributed by atoms with Gasteiger partial charge in [-0.15, -0.1) is 0 Å². The normalized spacial score (nSPS) is 14.8. The average Bonchev–Trinajstić information content (AvgIpc) is 2.83. The number of methoxy groups -OCH3 is 1. The Hall–Kier alpha value is -2.96. The van der Waals surface area contributed by atoms with Crippen molar-refractivity contribution in [3.8, 4) is 11.4 Å². The van der Waals surface area contributed by atoms with Crippen molar-refractivity contribution in [3.63, 3.8) is 0 Å². The Labute approximate surface area is 192 Å². The van der Waals surface area contributed by atoms with Crippen molar-refractivity contribution in [1.82, 2.24) is 14.1 Å². The van der Waals surface area contributed by atoms with Crippen molar-refractivity contribution >= 4 is 21.7 Å². The van der Waals surface area contributed by atoms with Crippen LogP contribution >= 0.6 is 0 Å². The number of esters is 1. The zero-order valence-corrected chi connectivity index (χ0v) is 19.5. The van der Waals surface area contributed by atoms with Crippen LogP contribution in [0.3, 0.4) is 0 Å². The fourth-order valence-electron chi connectivity index (χ4n) is 3.40. The zero-order valence-electron chi connectivity index (χ0n) is 18.7. The number of para-hydroxylation sites is 1. The monoisotopic (exact) mass is 480 g/mol. The van der Waals surface area contributed by atoms with Crippen molar-refractivity contribution in [1.29, 1.82) is 0 Å². The summed E-state index contributed by atoms with van der Waals surface area (Å²) in [5.41, 5.74) is 0.659. The van der Waals surface area contributed by atoms with Crippen molar-refractivity contribution in [3.05, 3.63) is 46.9 Å². The van der Waals surface area contributed by atoms with Gasteiger partial charge in [-0.25, -0.2) is 8.42 Å². The Bertz CT molecular complexity index is 1100. The number of hydrogen-bond acceptors (Lipinski definition) is 9. The quantitative estimate of drug-likeness (QED) is 0.349. The second-order valence-electron chi connectivity index (χ2n) is 7.18. The van der Waals surface area contributed by atoms with E-state index in [9.17, 15) is 18.0 Å². The molecule has 11 nitrogen and oxygen atoms in total. The SMILES string of the molecule is CCOCCOc1c(N2CCN(S(=O)(=O)CC(=O)OC)CC2)cnn(-c2ccccc2)c1=O. The summed E-state index contributed by atoms with van der Waals surface area (Å²) in [6.07, 6.45) is 1.54. The van der Waals surface area contributed by atoms with Crippen molar-refractivity contribution in [2.75, 3.05) is 63.8 Å². The fraction of sp³-hybridized carbons (Fsp3) is 0.476. The third-order valence-corrected chi connectivity index (χ3v) is 6.85. The molecule has 33 heavy (non-hydrogen) atoms. The van der Waals surface area contributed by atoms with Gasteiger partial charge in [-0.3, -0.25) is 9.59 Å². The van der Waals surface area contributed by atoms with Gasteiger partial charge in [0.15, 0.2) is 5.75 Å². The van der Waals surface area contributed by atoms with Gasteiger partial charge in [-0.05, 0) is 19.1 Å². The molecule has 1 aromatic heterocycles. The number of benzene rings is 1. The van der Waals surface area contributed by atoms with Crippen molar-refractivity contribution in [2.45, 2.75) is 6.92 Å². The van der Waals surface area contributed by atoms with Crippen molar-refractivity contribution < 1.29 is 27.4 Å². The van der Waals surface area contributed by atoms with Crippen LogP contribution < -0.4 is 15.2 Å². The molecule has 0 bridgehead atoms. The summed E-state index contributed by atoms with van der Waals surface area (Å²) < 4.78 is 43.0. The highest BCUT2D eigenvalue weighted by atomic mass is 32.2. The highest BCUT2D eigenvalue weighted by molar-refractivity contribution is 7.89. The lowest BCUT2D eigenvalue weighted by Gasteiger charge is -2.35. The number of aromatic nitrogens is 2. The lowest BCUT2D eigenvalue weighted by atomic mass is 10.3. The third kappa shape index (κ3) is 6.09. The molecule has 2 heterocycles. The maximum Gasteiger partial charge on any atom is 0.322 e. The Balaban J connectivity index is 1.83. The molecule has 1 saturated heterocycles. The number of carbonyl (C=O) groups is 1. The van der Waals surface area contributed by atoms with Crippen LogP contribution in [-0.2, 0) is 24.3 Å². The second kappa shape index (κ2) is 11.3. The molecule has 0 radical (unpaired) electrons. The second-order valence-corrected chi connectivity index (χ2v) is 9.14. The first-order valence-corrected chi connectivity index (χ1v) is 12.2. The molecule has 0 aliphatic carbocycles. The summed E-state index contributed by atoms with van der Waals surface area (Å²) in [5.74, 6) is -1.39. The van der Waals surface area contributed by atoms with Crippen LogP contribution in [0.2, 0.25) is 0 Å². The number of nitrogens with zero attached hydrogens (tertiary/aromatic N) is 4. The maximum atomic E-state index is 13.2. The minimum atomic E-state index is -3.78. The van der Waals surface area contributed by atoms with E-state index in [0.29, 0.717) is 37.7 Å². The van der Waals surface area contributed by atoms with Gasteiger partial charge < -0.3 is 19.1 Å². The molecule has 1 aliphatic heterocycles. The van der Waals surface area contributed by atoms with E-state index in [1.54, 1.807) is 30.5 Å². The maximum absolute atomic E-state index is 13.2. The molecule has 0 saturated carbocycles. The molecule has 180 valence electrons. The number of sulfonamides is 1. The van der Waals surface area contributed by atoms with Gasteiger partial charge >= 0.3 is 11.5 Å². The van der Waals surface area contributed by atoms with Crippen LogP contribution in [0.5, 0.6) is 5.75 Å². The molecule has 1 aliphatic rings. The number of rotatable bonds is 10. The Morgan fingerprint density at radius 3 is 2.42 bits per heavy atom. The van der Waals surface area contributed by atoms with Gasteiger partial charge in [0.05, 0.1) is 25.6 Å². The highest BCUT2D eigenvalue weighted by Gasteiger charge is 2.31. The molecule has 0 spiro atoms. The van der Waals surface area contributed by atoms with E-state index < -0.39 is 27.3 Å². The predicted molar refractivity (Wildman–Crippen MR) is 121 cm³/mol. The molecule has 0 N–H and O–H groups in total. The first-order chi connectivity index (χ1) is 15.9. The van der Waals surface area contributed by atoms with Gasteiger partial charge in [0.25, 0.3) is 0 Å². The zero-order chi connectivity index (χ0) is 23.8. The highest BCUT2D eigenvalue weighted by Crippen LogP contribution is 2.26. The van der Waals surface area contributed by atoms with Crippen molar-refractivity contribution in [2.24, 2.45) is 0 Å². The Morgan fingerprint density at radius 2 is 1.79 bits per heavy atom. The van der Waals surface area contributed by atoms with E-state index in [4.69, 9.17) is 9.47 Å². The van der Waals surface area contributed by atoms with Crippen LogP contribution in [0.25, 0.3) is 5.69 Å². The molecule has 1 fully saturated rings. The summed E-state index contributed by atoms with van der Waals surface area (Å²) in [5, 5.41) is 4.31. The molecular weight excluding hydrogens is 452 g/mol. The van der Waals surface area contributed by atoms with Crippen LogP contribution in [0.4, 0.5) is 5.69 Å². The Kier molecular flexibility index (Phi) is 8.42.